The molecule has 0 aliphatic carbocycles. The molecule has 1 aliphatic heterocycles. The average Bonchev–Trinajstić information content (AvgIpc) is 2.97. The van der Waals surface area contributed by atoms with Crippen LogP contribution in [-0.2, 0) is 0 Å². The first kappa shape index (κ1) is 11.6. The normalized spacial score (nSPS) is 19.6. The quantitative estimate of drug-likeness (QED) is 0.585. The molecule has 0 radical (unpaired) electrons. The van der Waals surface area contributed by atoms with E-state index in [0.29, 0.717) is 25.6 Å². The van der Waals surface area contributed by atoms with E-state index in [-0.39, 0.29) is 17.3 Å². The molecule has 1 unspecified atom stereocenters. The lowest BCUT2D eigenvalue weighted by molar-refractivity contribution is -0.384. The molecule has 0 aromatic carbocycles. The van der Waals surface area contributed by atoms with Gasteiger partial charge in [-0.05, 0) is 18.9 Å². The lowest BCUT2D eigenvalue weighted by Crippen LogP contribution is -2.30. The number of rotatable bonds is 3. The minimum atomic E-state index is -0.528. The molecule has 0 saturated carbocycles. The third-order valence-electron chi connectivity index (χ3n) is 3.02. The van der Waals surface area contributed by atoms with Crippen LogP contribution in [0.4, 0.5) is 5.69 Å². The van der Waals surface area contributed by atoms with Gasteiger partial charge in [0.05, 0.1) is 11.1 Å². The first-order valence-corrected chi connectivity index (χ1v) is 5.44. The van der Waals surface area contributed by atoms with Crippen molar-refractivity contribution in [2.45, 2.75) is 6.42 Å². The second-order valence-corrected chi connectivity index (χ2v) is 4.17. The first-order chi connectivity index (χ1) is 8.11. The number of amides is 1. The number of nitrogens with zero attached hydrogens (tertiary/aromatic N) is 2. The van der Waals surface area contributed by atoms with Crippen molar-refractivity contribution in [3.8, 4) is 0 Å². The molecule has 1 aliphatic rings. The average molecular weight is 238 g/mol. The monoisotopic (exact) mass is 238 g/mol. The fraction of sp³-hybridized carbons (Fsp3) is 0.500. The van der Waals surface area contributed by atoms with E-state index in [0.717, 1.165) is 6.42 Å². The van der Waals surface area contributed by atoms with Crippen LogP contribution >= 0.6 is 0 Å². The number of hydrogen-bond acceptors (Lipinski definition) is 4. The van der Waals surface area contributed by atoms with Crippen molar-refractivity contribution in [2.24, 2.45) is 11.7 Å². The molecule has 2 rings (SSSR count). The Labute approximate surface area is 97.7 Å². The third-order valence-corrected chi connectivity index (χ3v) is 3.02. The summed E-state index contributed by atoms with van der Waals surface area (Å²) >= 11 is 0. The van der Waals surface area contributed by atoms with E-state index in [2.05, 4.69) is 4.98 Å². The zero-order valence-electron chi connectivity index (χ0n) is 9.26. The highest BCUT2D eigenvalue weighted by molar-refractivity contribution is 5.93. The zero-order valence-corrected chi connectivity index (χ0v) is 9.26. The molecule has 0 bridgehead atoms. The number of aromatic nitrogens is 1. The molecule has 7 nitrogen and oxygen atoms in total. The van der Waals surface area contributed by atoms with Gasteiger partial charge in [-0.1, -0.05) is 0 Å². The number of nitrogens with two attached hydrogens (primary N) is 1. The number of carbonyl (C=O) groups excluding carboxylic acids is 1. The summed E-state index contributed by atoms with van der Waals surface area (Å²) in [7, 11) is 0. The molecule has 3 N–H and O–H groups in total. The lowest BCUT2D eigenvalue weighted by atomic mass is 10.1. The Hall–Kier alpha value is -1.89. The van der Waals surface area contributed by atoms with Crippen LogP contribution in [0.15, 0.2) is 12.3 Å². The summed E-state index contributed by atoms with van der Waals surface area (Å²) in [5, 5.41) is 10.5. The van der Waals surface area contributed by atoms with Crippen molar-refractivity contribution in [3.63, 3.8) is 0 Å². The predicted molar refractivity (Wildman–Crippen MR) is 60.5 cm³/mol. The Bertz CT molecular complexity index is 443. The highest BCUT2D eigenvalue weighted by Gasteiger charge is 2.27. The van der Waals surface area contributed by atoms with Crippen LogP contribution in [0.5, 0.6) is 0 Å². The minimum Gasteiger partial charge on any atom is -0.351 e. The summed E-state index contributed by atoms with van der Waals surface area (Å²) in [6.45, 7) is 1.85. The smallest absolute Gasteiger partial charge is 0.287 e. The maximum atomic E-state index is 12.0. The molecule has 17 heavy (non-hydrogen) atoms. The second kappa shape index (κ2) is 4.54. The summed E-state index contributed by atoms with van der Waals surface area (Å²) in [6, 6.07) is 1.26. The van der Waals surface area contributed by atoms with Gasteiger partial charge >= 0.3 is 0 Å². The van der Waals surface area contributed by atoms with Crippen LogP contribution in [0.25, 0.3) is 0 Å². The Morgan fingerprint density at radius 2 is 2.47 bits per heavy atom. The number of likely N-dealkylation sites (tertiary alicyclic amines) is 1. The summed E-state index contributed by atoms with van der Waals surface area (Å²) < 4.78 is 0. The Balaban J connectivity index is 2.07. The van der Waals surface area contributed by atoms with Crippen LogP contribution in [-0.4, -0.2) is 40.3 Å². The van der Waals surface area contributed by atoms with Gasteiger partial charge in [0.15, 0.2) is 0 Å². The van der Waals surface area contributed by atoms with E-state index in [4.69, 9.17) is 5.73 Å². The molecule has 1 amide bonds. The molecule has 1 saturated heterocycles. The molecule has 92 valence electrons. The molecule has 1 aromatic rings. The molecule has 1 aromatic heterocycles. The number of nitro groups is 1. The summed E-state index contributed by atoms with van der Waals surface area (Å²) in [6.07, 6.45) is 2.12. The van der Waals surface area contributed by atoms with Crippen molar-refractivity contribution in [1.29, 1.82) is 0 Å². The number of carbonyl (C=O) groups is 1. The van der Waals surface area contributed by atoms with Crippen molar-refractivity contribution in [1.82, 2.24) is 9.88 Å². The fourth-order valence-electron chi connectivity index (χ4n) is 1.99. The van der Waals surface area contributed by atoms with E-state index < -0.39 is 4.92 Å². The van der Waals surface area contributed by atoms with Crippen LogP contribution in [0, 0.1) is 16.0 Å². The maximum Gasteiger partial charge on any atom is 0.287 e. The first-order valence-electron chi connectivity index (χ1n) is 5.44. The molecule has 1 atom stereocenters. The summed E-state index contributed by atoms with van der Waals surface area (Å²) in [5.74, 6) is 0.137. The van der Waals surface area contributed by atoms with Crippen LogP contribution in [0.1, 0.15) is 16.9 Å². The van der Waals surface area contributed by atoms with Crippen molar-refractivity contribution < 1.29 is 9.72 Å². The van der Waals surface area contributed by atoms with E-state index in [1.807, 2.05) is 0 Å². The van der Waals surface area contributed by atoms with Gasteiger partial charge in [0, 0.05) is 19.2 Å². The van der Waals surface area contributed by atoms with Crippen molar-refractivity contribution in [2.75, 3.05) is 19.6 Å². The third kappa shape index (κ3) is 2.28. The van der Waals surface area contributed by atoms with Crippen LogP contribution < -0.4 is 5.73 Å². The summed E-state index contributed by atoms with van der Waals surface area (Å²) in [4.78, 5) is 26.3. The summed E-state index contributed by atoms with van der Waals surface area (Å²) in [5.41, 5.74) is 5.71. The molecular formula is C10H14N4O3. The molecular weight excluding hydrogens is 224 g/mol. The van der Waals surface area contributed by atoms with E-state index >= 15 is 0 Å². The Morgan fingerprint density at radius 1 is 1.71 bits per heavy atom. The van der Waals surface area contributed by atoms with Gasteiger partial charge in [0.2, 0.25) is 0 Å². The number of hydrogen-bond donors (Lipinski definition) is 2. The molecule has 0 spiro atoms. The molecule has 7 heteroatoms. The second-order valence-electron chi connectivity index (χ2n) is 4.17. The van der Waals surface area contributed by atoms with Crippen LogP contribution in [0.3, 0.4) is 0 Å². The van der Waals surface area contributed by atoms with Gasteiger partial charge < -0.3 is 15.6 Å². The van der Waals surface area contributed by atoms with Gasteiger partial charge in [0.25, 0.3) is 11.6 Å². The van der Waals surface area contributed by atoms with E-state index in [9.17, 15) is 14.9 Å². The van der Waals surface area contributed by atoms with Crippen LogP contribution in [0.2, 0.25) is 0 Å². The van der Waals surface area contributed by atoms with Gasteiger partial charge in [-0.3, -0.25) is 14.9 Å². The van der Waals surface area contributed by atoms with Crippen molar-refractivity contribution in [3.05, 3.63) is 28.1 Å². The van der Waals surface area contributed by atoms with Gasteiger partial charge in [-0.15, -0.1) is 0 Å². The topological polar surface area (TPSA) is 105 Å². The SMILES string of the molecule is NCC1CCN(C(=O)c2cc([N+](=O)[O-])c[nH]2)C1. The highest BCUT2D eigenvalue weighted by atomic mass is 16.6. The van der Waals surface area contributed by atoms with Gasteiger partial charge in [-0.25, -0.2) is 0 Å². The standard InChI is InChI=1S/C10H14N4O3/c11-4-7-1-2-13(6-7)10(15)9-3-8(5-12-9)14(16)17/h3,5,7,12H,1-2,4,6,11H2. The highest BCUT2D eigenvalue weighted by Crippen LogP contribution is 2.19. The Kier molecular flexibility index (Phi) is 3.10. The predicted octanol–water partition coefficient (Wildman–Crippen LogP) is 0.344. The Morgan fingerprint density at radius 3 is 3.00 bits per heavy atom. The van der Waals surface area contributed by atoms with E-state index in [1.54, 1.807) is 4.90 Å². The maximum absolute atomic E-state index is 12.0. The molecule has 2 heterocycles. The number of aromatic amines is 1. The minimum absolute atomic E-state index is 0.0945. The van der Waals surface area contributed by atoms with E-state index in [1.165, 1.54) is 12.3 Å². The van der Waals surface area contributed by atoms with Gasteiger partial charge in [-0.2, -0.15) is 0 Å². The van der Waals surface area contributed by atoms with Crippen molar-refractivity contribution >= 4 is 11.6 Å². The van der Waals surface area contributed by atoms with Gasteiger partial charge in [0.1, 0.15) is 5.69 Å². The molecule has 1 fully saturated rings. The number of nitrogens with one attached hydrogen (secondary N) is 1. The largest absolute Gasteiger partial charge is 0.351 e. The lowest BCUT2D eigenvalue weighted by Gasteiger charge is -2.14. The fourth-order valence-corrected chi connectivity index (χ4v) is 1.99. The zero-order chi connectivity index (χ0) is 12.4. The number of H-pyrrole nitrogens is 1.